The van der Waals surface area contributed by atoms with Crippen LogP contribution in [0.3, 0.4) is 0 Å². The lowest BCUT2D eigenvalue weighted by Gasteiger charge is -2.18. The van der Waals surface area contributed by atoms with E-state index in [1.54, 1.807) is 14.2 Å². The van der Waals surface area contributed by atoms with Crippen molar-refractivity contribution in [3.63, 3.8) is 0 Å². The molecule has 0 spiro atoms. The monoisotopic (exact) mass is 368 g/mol. The van der Waals surface area contributed by atoms with Crippen molar-refractivity contribution in [2.45, 2.75) is 26.2 Å². The second kappa shape index (κ2) is 8.80. The summed E-state index contributed by atoms with van der Waals surface area (Å²) in [5.74, 6) is 2.27. The van der Waals surface area contributed by atoms with E-state index in [0.717, 1.165) is 41.8 Å². The first-order valence-electron chi connectivity index (χ1n) is 9.45. The number of rotatable bonds is 7. The second-order valence-electron chi connectivity index (χ2n) is 7.11. The first kappa shape index (κ1) is 19.1. The molecule has 1 saturated heterocycles. The predicted octanol–water partition coefficient (Wildman–Crippen LogP) is 4.12. The van der Waals surface area contributed by atoms with Crippen LogP contribution >= 0.6 is 0 Å². The van der Waals surface area contributed by atoms with Crippen LogP contribution in [0.2, 0.25) is 0 Å². The van der Waals surface area contributed by atoms with E-state index in [1.807, 2.05) is 30.3 Å². The maximum absolute atomic E-state index is 12.3. The Kier molecular flexibility index (Phi) is 6.22. The van der Waals surface area contributed by atoms with E-state index in [9.17, 15) is 4.79 Å². The summed E-state index contributed by atoms with van der Waals surface area (Å²) < 4.78 is 10.6. The number of benzene rings is 2. The number of nitrogens with zero attached hydrogens (tertiary/aromatic N) is 1. The Bertz CT molecular complexity index is 774. The highest BCUT2D eigenvalue weighted by Gasteiger charge is 2.18. The average molecular weight is 368 g/mol. The van der Waals surface area contributed by atoms with Crippen LogP contribution in [0.5, 0.6) is 11.5 Å². The number of anilines is 2. The summed E-state index contributed by atoms with van der Waals surface area (Å²) in [5.41, 5.74) is 3.01. The molecule has 3 rings (SSSR count). The fourth-order valence-corrected chi connectivity index (χ4v) is 3.47. The summed E-state index contributed by atoms with van der Waals surface area (Å²) >= 11 is 0. The summed E-state index contributed by atoms with van der Waals surface area (Å²) in [4.78, 5) is 14.7. The standard InChI is InChI=1S/C22H28N2O3/c1-16-12-13-24(15-16)19-7-5-18(6-8-19)23-22(25)11-4-17-14-20(26-2)9-10-21(17)27-3/h5-10,14,16H,4,11-13,15H2,1-3H3,(H,23,25). The molecule has 0 aromatic heterocycles. The van der Waals surface area contributed by atoms with Gasteiger partial charge < -0.3 is 19.7 Å². The fraction of sp³-hybridized carbons (Fsp3) is 0.409. The molecule has 2 aromatic rings. The van der Waals surface area contributed by atoms with Gasteiger partial charge in [-0.25, -0.2) is 0 Å². The van der Waals surface area contributed by atoms with Crippen molar-refractivity contribution in [1.29, 1.82) is 0 Å². The molecule has 1 heterocycles. The summed E-state index contributed by atoms with van der Waals surface area (Å²) in [5, 5.41) is 2.98. The maximum Gasteiger partial charge on any atom is 0.224 e. The van der Waals surface area contributed by atoms with Crippen molar-refractivity contribution in [2.75, 3.05) is 37.5 Å². The summed E-state index contributed by atoms with van der Waals surface area (Å²) in [6.45, 7) is 4.50. The topological polar surface area (TPSA) is 50.8 Å². The van der Waals surface area contributed by atoms with Crippen LogP contribution in [0.1, 0.15) is 25.3 Å². The zero-order valence-electron chi connectivity index (χ0n) is 16.3. The van der Waals surface area contributed by atoms with Crippen LogP contribution in [0.4, 0.5) is 11.4 Å². The normalized spacial score (nSPS) is 16.3. The van der Waals surface area contributed by atoms with Gasteiger partial charge in [-0.1, -0.05) is 6.92 Å². The Hall–Kier alpha value is -2.69. The SMILES string of the molecule is COc1ccc(OC)c(CCC(=O)Nc2ccc(N3CCC(C)C3)cc2)c1. The van der Waals surface area contributed by atoms with Gasteiger partial charge in [-0.15, -0.1) is 0 Å². The van der Waals surface area contributed by atoms with Crippen LogP contribution in [-0.4, -0.2) is 33.2 Å². The van der Waals surface area contributed by atoms with E-state index in [4.69, 9.17) is 9.47 Å². The molecule has 1 unspecified atom stereocenters. The quantitative estimate of drug-likeness (QED) is 0.799. The molecule has 5 heteroatoms. The smallest absolute Gasteiger partial charge is 0.224 e. The molecule has 2 aromatic carbocycles. The summed E-state index contributed by atoms with van der Waals surface area (Å²) in [7, 11) is 3.26. The number of carbonyl (C=O) groups is 1. The number of amides is 1. The summed E-state index contributed by atoms with van der Waals surface area (Å²) in [6.07, 6.45) is 2.22. The van der Waals surface area contributed by atoms with Gasteiger partial charge in [0.15, 0.2) is 0 Å². The fourth-order valence-electron chi connectivity index (χ4n) is 3.47. The van der Waals surface area contributed by atoms with E-state index in [1.165, 1.54) is 12.1 Å². The number of nitrogens with one attached hydrogen (secondary N) is 1. The van der Waals surface area contributed by atoms with Gasteiger partial charge in [0.1, 0.15) is 11.5 Å². The highest BCUT2D eigenvalue weighted by molar-refractivity contribution is 5.91. The van der Waals surface area contributed by atoms with E-state index in [2.05, 4.69) is 29.3 Å². The van der Waals surface area contributed by atoms with Crippen molar-refractivity contribution in [3.8, 4) is 11.5 Å². The van der Waals surface area contributed by atoms with E-state index < -0.39 is 0 Å². The molecule has 1 N–H and O–H groups in total. The van der Waals surface area contributed by atoms with Gasteiger partial charge in [0.05, 0.1) is 14.2 Å². The second-order valence-corrected chi connectivity index (χ2v) is 7.11. The average Bonchev–Trinajstić information content (AvgIpc) is 3.13. The van der Waals surface area contributed by atoms with E-state index in [-0.39, 0.29) is 5.91 Å². The highest BCUT2D eigenvalue weighted by atomic mass is 16.5. The first-order chi connectivity index (χ1) is 13.1. The molecule has 144 valence electrons. The number of methoxy groups -OCH3 is 2. The van der Waals surface area contributed by atoms with Crippen molar-refractivity contribution >= 4 is 17.3 Å². The molecule has 1 fully saturated rings. The Morgan fingerprint density at radius 3 is 2.56 bits per heavy atom. The number of hydrogen-bond acceptors (Lipinski definition) is 4. The molecule has 1 aliphatic heterocycles. The lowest BCUT2D eigenvalue weighted by atomic mass is 10.1. The minimum absolute atomic E-state index is 0.0117. The van der Waals surface area contributed by atoms with Crippen LogP contribution in [0.25, 0.3) is 0 Å². The van der Waals surface area contributed by atoms with Gasteiger partial charge in [-0.05, 0) is 66.8 Å². The molecular formula is C22H28N2O3. The Morgan fingerprint density at radius 1 is 1.15 bits per heavy atom. The summed E-state index contributed by atoms with van der Waals surface area (Å²) in [6, 6.07) is 13.7. The largest absolute Gasteiger partial charge is 0.497 e. The van der Waals surface area contributed by atoms with Gasteiger partial charge in [-0.3, -0.25) is 4.79 Å². The molecule has 5 nitrogen and oxygen atoms in total. The van der Waals surface area contributed by atoms with E-state index >= 15 is 0 Å². The molecular weight excluding hydrogens is 340 g/mol. The van der Waals surface area contributed by atoms with Crippen LogP contribution in [0.15, 0.2) is 42.5 Å². The highest BCUT2D eigenvalue weighted by Crippen LogP contribution is 2.26. The molecule has 1 aliphatic rings. The Balaban J connectivity index is 1.55. The lowest BCUT2D eigenvalue weighted by Crippen LogP contribution is -2.19. The number of carbonyl (C=O) groups excluding carboxylic acids is 1. The number of aryl methyl sites for hydroxylation is 1. The first-order valence-corrected chi connectivity index (χ1v) is 9.45. The molecule has 1 amide bonds. The number of hydrogen-bond donors (Lipinski definition) is 1. The predicted molar refractivity (Wildman–Crippen MR) is 109 cm³/mol. The molecule has 0 bridgehead atoms. The third-order valence-corrected chi connectivity index (χ3v) is 5.05. The van der Waals surface area contributed by atoms with Crippen molar-refractivity contribution in [1.82, 2.24) is 0 Å². The molecule has 1 atom stereocenters. The van der Waals surface area contributed by atoms with Crippen molar-refractivity contribution < 1.29 is 14.3 Å². The van der Waals surface area contributed by atoms with Crippen LogP contribution in [0, 0.1) is 5.92 Å². The minimum Gasteiger partial charge on any atom is -0.497 e. The minimum atomic E-state index is -0.0117. The molecule has 0 saturated carbocycles. The van der Waals surface area contributed by atoms with Gasteiger partial charge in [0.2, 0.25) is 5.91 Å². The van der Waals surface area contributed by atoms with Crippen molar-refractivity contribution in [3.05, 3.63) is 48.0 Å². The Morgan fingerprint density at radius 2 is 1.93 bits per heavy atom. The van der Waals surface area contributed by atoms with Gasteiger partial charge in [-0.2, -0.15) is 0 Å². The Labute approximate surface area is 161 Å². The maximum atomic E-state index is 12.3. The van der Waals surface area contributed by atoms with Gasteiger partial charge in [0.25, 0.3) is 0 Å². The van der Waals surface area contributed by atoms with Crippen molar-refractivity contribution in [2.24, 2.45) is 5.92 Å². The molecule has 0 radical (unpaired) electrons. The molecule has 0 aliphatic carbocycles. The third-order valence-electron chi connectivity index (χ3n) is 5.05. The molecule has 27 heavy (non-hydrogen) atoms. The zero-order chi connectivity index (χ0) is 19.2. The van der Waals surface area contributed by atoms with Gasteiger partial charge >= 0.3 is 0 Å². The zero-order valence-corrected chi connectivity index (χ0v) is 16.3. The van der Waals surface area contributed by atoms with Gasteiger partial charge in [0, 0.05) is 30.9 Å². The third kappa shape index (κ3) is 4.94. The lowest BCUT2D eigenvalue weighted by molar-refractivity contribution is -0.116. The van der Waals surface area contributed by atoms with E-state index in [0.29, 0.717) is 12.8 Å². The van der Waals surface area contributed by atoms with Crippen LogP contribution < -0.4 is 19.7 Å². The number of ether oxygens (including phenoxy) is 2. The van der Waals surface area contributed by atoms with Crippen LogP contribution in [-0.2, 0) is 11.2 Å².